The monoisotopic (exact) mass is 330 g/mol. The van der Waals surface area contributed by atoms with Gasteiger partial charge in [-0.2, -0.15) is 0 Å². The minimum absolute atomic E-state index is 0.175. The Labute approximate surface area is 140 Å². The van der Waals surface area contributed by atoms with Crippen LogP contribution in [0.4, 0.5) is 0 Å². The van der Waals surface area contributed by atoms with Crippen molar-refractivity contribution in [3.63, 3.8) is 0 Å². The van der Waals surface area contributed by atoms with Crippen LogP contribution in [0.3, 0.4) is 0 Å². The van der Waals surface area contributed by atoms with Crippen LogP contribution in [0.2, 0.25) is 5.02 Å². The predicted octanol–water partition coefficient (Wildman–Crippen LogP) is 3.75. The second-order valence-electron chi connectivity index (χ2n) is 5.72. The Balaban J connectivity index is 1.69. The van der Waals surface area contributed by atoms with Gasteiger partial charge in [0.05, 0.1) is 28.9 Å². The van der Waals surface area contributed by atoms with Crippen molar-refractivity contribution in [2.45, 2.75) is 26.5 Å². The van der Waals surface area contributed by atoms with Crippen molar-refractivity contribution in [2.24, 2.45) is 0 Å². The van der Waals surface area contributed by atoms with E-state index >= 15 is 0 Å². The van der Waals surface area contributed by atoms with E-state index < -0.39 is 6.10 Å². The molecule has 4 nitrogen and oxygen atoms in total. The number of nitrogens with zero attached hydrogens (tertiary/aromatic N) is 2. The molecule has 0 unspecified atom stereocenters. The maximum atomic E-state index is 10.2. The first kappa shape index (κ1) is 15.8. The first-order chi connectivity index (χ1) is 11.0. The summed E-state index contributed by atoms with van der Waals surface area (Å²) in [6.45, 7) is 4.74. The third kappa shape index (κ3) is 3.49. The number of rotatable bonds is 5. The molecule has 0 spiro atoms. The molecule has 0 aliphatic carbocycles. The molecule has 1 aromatic heterocycles. The zero-order valence-corrected chi connectivity index (χ0v) is 13.9. The Morgan fingerprint density at radius 1 is 1.22 bits per heavy atom. The molecule has 23 heavy (non-hydrogen) atoms. The summed E-state index contributed by atoms with van der Waals surface area (Å²) in [7, 11) is 0. The fraction of sp³-hybridized carbons (Fsp3) is 0.278. The van der Waals surface area contributed by atoms with E-state index in [4.69, 9.17) is 16.3 Å². The zero-order valence-electron chi connectivity index (χ0n) is 13.2. The highest BCUT2D eigenvalue weighted by atomic mass is 35.5. The van der Waals surface area contributed by atoms with Crippen molar-refractivity contribution in [3.8, 4) is 5.75 Å². The molecule has 0 aliphatic heterocycles. The molecule has 5 heteroatoms. The van der Waals surface area contributed by atoms with E-state index in [-0.39, 0.29) is 6.61 Å². The number of aliphatic hydroxyl groups is 1. The number of ether oxygens (including phenoxy) is 1. The Kier molecular flexibility index (Phi) is 4.55. The second kappa shape index (κ2) is 6.60. The molecular formula is C18H19ClN2O2. The average Bonchev–Trinajstić information content (AvgIpc) is 2.89. The molecule has 0 radical (unpaired) electrons. The lowest BCUT2D eigenvalue weighted by Crippen LogP contribution is -2.23. The smallest absolute Gasteiger partial charge is 0.138 e. The molecule has 1 N–H and O–H groups in total. The van der Waals surface area contributed by atoms with Gasteiger partial charge in [-0.3, -0.25) is 0 Å². The fourth-order valence-electron chi connectivity index (χ4n) is 2.49. The van der Waals surface area contributed by atoms with Crippen LogP contribution >= 0.6 is 11.6 Å². The molecule has 0 fully saturated rings. The molecule has 3 aromatic rings. The van der Waals surface area contributed by atoms with Crippen LogP contribution < -0.4 is 4.74 Å². The maximum Gasteiger partial charge on any atom is 0.138 e. The van der Waals surface area contributed by atoms with Gasteiger partial charge in [-0.05, 0) is 49.2 Å². The van der Waals surface area contributed by atoms with Crippen molar-refractivity contribution in [2.75, 3.05) is 6.61 Å². The van der Waals surface area contributed by atoms with Gasteiger partial charge in [-0.15, -0.1) is 0 Å². The number of para-hydroxylation sites is 1. The summed E-state index contributed by atoms with van der Waals surface area (Å²) < 4.78 is 7.53. The summed E-state index contributed by atoms with van der Waals surface area (Å²) in [5, 5.41) is 10.8. The summed E-state index contributed by atoms with van der Waals surface area (Å²) in [6.07, 6.45) is 1.10. The van der Waals surface area contributed by atoms with E-state index in [0.717, 1.165) is 11.0 Å². The quantitative estimate of drug-likeness (QED) is 0.775. The number of hydrogen-bond acceptors (Lipinski definition) is 3. The van der Waals surface area contributed by atoms with E-state index in [1.54, 1.807) is 18.5 Å². The van der Waals surface area contributed by atoms with Crippen molar-refractivity contribution in [3.05, 3.63) is 58.9 Å². The standard InChI is InChI=1S/C18H19ClN2O2/c1-12-7-16-17(8-13(12)2)21(11-20-16)9-14(22)10-23-18-6-4-3-5-15(18)19/h3-8,11,14,22H,9-10H2,1-2H3/t14-/m0/s1. The second-order valence-corrected chi connectivity index (χ2v) is 6.12. The van der Waals surface area contributed by atoms with Crippen LogP contribution in [0.5, 0.6) is 5.75 Å². The Bertz CT molecular complexity index is 829. The number of aryl methyl sites for hydroxylation is 2. The lowest BCUT2D eigenvalue weighted by Gasteiger charge is -2.14. The number of fused-ring (bicyclic) bond motifs is 1. The van der Waals surface area contributed by atoms with Gasteiger partial charge < -0.3 is 14.4 Å². The largest absolute Gasteiger partial charge is 0.489 e. The molecule has 0 aliphatic rings. The van der Waals surface area contributed by atoms with E-state index in [9.17, 15) is 5.11 Å². The van der Waals surface area contributed by atoms with Crippen molar-refractivity contribution >= 4 is 22.6 Å². The SMILES string of the molecule is Cc1cc2ncn(C[C@H](O)COc3ccccc3Cl)c2cc1C. The number of aliphatic hydroxyl groups excluding tert-OH is 1. The van der Waals surface area contributed by atoms with E-state index in [1.165, 1.54) is 11.1 Å². The van der Waals surface area contributed by atoms with Crippen LogP contribution in [0.15, 0.2) is 42.7 Å². The Hall–Kier alpha value is -2.04. The first-order valence-corrected chi connectivity index (χ1v) is 7.90. The van der Waals surface area contributed by atoms with Gasteiger partial charge in [0.2, 0.25) is 0 Å². The molecule has 0 saturated carbocycles. The Morgan fingerprint density at radius 2 is 1.96 bits per heavy atom. The molecule has 0 saturated heterocycles. The van der Waals surface area contributed by atoms with Gasteiger partial charge in [-0.25, -0.2) is 4.98 Å². The predicted molar refractivity (Wildman–Crippen MR) is 92.2 cm³/mol. The van der Waals surface area contributed by atoms with E-state index in [2.05, 4.69) is 31.0 Å². The summed E-state index contributed by atoms with van der Waals surface area (Å²) >= 11 is 6.04. The minimum atomic E-state index is -0.648. The summed E-state index contributed by atoms with van der Waals surface area (Å²) in [6, 6.07) is 11.4. The topological polar surface area (TPSA) is 47.3 Å². The van der Waals surface area contributed by atoms with Gasteiger partial charge in [-0.1, -0.05) is 23.7 Å². The third-order valence-corrected chi connectivity index (χ3v) is 4.22. The highest BCUT2D eigenvalue weighted by molar-refractivity contribution is 6.32. The molecule has 0 bridgehead atoms. The molecule has 1 heterocycles. The van der Waals surface area contributed by atoms with Gasteiger partial charge in [0.25, 0.3) is 0 Å². The van der Waals surface area contributed by atoms with Gasteiger partial charge in [0.1, 0.15) is 18.5 Å². The fourth-order valence-corrected chi connectivity index (χ4v) is 2.68. The van der Waals surface area contributed by atoms with Crippen molar-refractivity contribution in [1.29, 1.82) is 0 Å². The van der Waals surface area contributed by atoms with Gasteiger partial charge in [0.15, 0.2) is 0 Å². The number of imidazole rings is 1. The number of halogens is 1. The summed E-state index contributed by atoms with van der Waals surface area (Å²) in [5.74, 6) is 0.579. The molecule has 120 valence electrons. The zero-order chi connectivity index (χ0) is 16.4. The molecule has 2 aromatic carbocycles. The maximum absolute atomic E-state index is 10.2. The van der Waals surface area contributed by atoms with Crippen LogP contribution in [0, 0.1) is 13.8 Å². The lowest BCUT2D eigenvalue weighted by atomic mass is 10.1. The van der Waals surface area contributed by atoms with E-state index in [0.29, 0.717) is 17.3 Å². The summed E-state index contributed by atoms with van der Waals surface area (Å²) in [4.78, 5) is 4.40. The van der Waals surface area contributed by atoms with Crippen LogP contribution in [-0.4, -0.2) is 27.4 Å². The van der Waals surface area contributed by atoms with Crippen molar-refractivity contribution < 1.29 is 9.84 Å². The first-order valence-electron chi connectivity index (χ1n) is 7.52. The van der Waals surface area contributed by atoms with Crippen molar-refractivity contribution in [1.82, 2.24) is 9.55 Å². The number of hydrogen-bond donors (Lipinski definition) is 1. The molecule has 3 rings (SSSR count). The third-order valence-electron chi connectivity index (χ3n) is 3.91. The molecule has 0 amide bonds. The van der Waals surface area contributed by atoms with Gasteiger partial charge in [0, 0.05) is 0 Å². The van der Waals surface area contributed by atoms with Crippen LogP contribution in [-0.2, 0) is 6.54 Å². The highest BCUT2D eigenvalue weighted by Crippen LogP contribution is 2.23. The normalized spacial score (nSPS) is 12.5. The van der Waals surface area contributed by atoms with Gasteiger partial charge >= 0.3 is 0 Å². The van der Waals surface area contributed by atoms with Crippen LogP contribution in [0.1, 0.15) is 11.1 Å². The van der Waals surface area contributed by atoms with Crippen LogP contribution in [0.25, 0.3) is 11.0 Å². The highest BCUT2D eigenvalue weighted by Gasteiger charge is 2.11. The Morgan fingerprint density at radius 3 is 2.74 bits per heavy atom. The van der Waals surface area contributed by atoms with E-state index in [1.807, 2.05) is 16.7 Å². The number of aromatic nitrogens is 2. The summed E-state index contributed by atoms with van der Waals surface area (Å²) in [5.41, 5.74) is 4.38. The minimum Gasteiger partial charge on any atom is -0.489 e. The number of benzene rings is 2. The average molecular weight is 331 g/mol. The molecule has 1 atom stereocenters. The lowest BCUT2D eigenvalue weighted by molar-refractivity contribution is 0.0935. The molecular weight excluding hydrogens is 312 g/mol.